The Balaban J connectivity index is 2.21. The molecule has 1 aromatic heterocycles. The van der Waals surface area contributed by atoms with Crippen LogP contribution in [0.15, 0.2) is 18.3 Å². The van der Waals surface area contributed by atoms with Crippen LogP contribution in [0.1, 0.15) is 18.4 Å². The molecule has 1 aliphatic carbocycles. The molecule has 1 aliphatic rings. The molecule has 0 bridgehead atoms. The molecule has 0 spiro atoms. The summed E-state index contributed by atoms with van der Waals surface area (Å²) in [7, 11) is 1.55. The van der Waals surface area contributed by atoms with Crippen molar-refractivity contribution in [1.29, 1.82) is 0 Å². The van der Waals surface area contributed by atoms with Crippen molar-refractivity contribution in [3.8, 4) is 5.88 Å². The van der Waals surface area contributed by atoms with Gasteiger partial charge >= 0.3 is 5.97 Å². The van der Waals surface area contributed by atoms with E-state index in [2.05, 4.69) is 4.98 Å². The molecular weight excluding hydrogens is 194 g/mol. The van der Waals surface area contributed by atoms with Gasteiger partial charge in [0.05, 0.1) is 12.5 Å². The molecule has 0 aromatic carbocycles. The largest absolute Gasteiger partial charge is 0.481 e. The number of aliphatic carboxylic acids is 1. The molecule has 1 aromatic rings. The number of nitrogens with zero attached hydrogens (tertiary/aromatic N) is 1. The zero-order valence-corrected chi connectivity index (χ0v) is 8.56. The molecule has 0 radical (unpaired) electrons. The molecule has 1 fully saturated rings. The van der Waals surface area contributed by atoms with E-state index in [0.717, 1.165) is 18.4 Å². The lowest BCUT2D eigenvalue weighted by molar-refractivity contribution is -0.143. The molecule has 80 valence electrons. The van der Waals surface area contributed by atoms with E-state index in [1.165, 1.54) is 0 Å². The maximum atomic E-state index is 11.0. The number of carboxylic acids is 1. The normalized spacial score (nSPS) is 17.1. The number of methoxy groups -OCH3 is 1. The first kappa shape index (κ1) is 9.96. The number of ether oxygens (including phenoxy) is 1. The first-order valence-electron chi connectivity index (χ1n) is 4.89. The number of pyridine rings is 1. The number of aromatic nitrogens is 1. The molecular formula is C11H13NO3. The van der Waals surface area contributed by atoms with Gasteiger partial charge in [-0.3, -0.25) is 4.79 Å². The first-order valence-corrected chi connectivity index (χ1v) is 4.89. The Morgan fingerprint density at radius 3 is 2.93 bits per heavy atom. The van der Waals surface area contributed by atoms with Gasteiger partial charge in [0.1, 0.15) is 0 Å². The minimum Gasteiger partial charge on any atom is -0.481 e. The Hall–Kier alpha value is -1.58. The van der Waals surface area contributed by atoms with Gasteiger partial charge in [0, 0.05) is 11.8 Å². The Labute approximate surface area is 87.9 Å². The second kappa shape index (κ2) is 3.53. The van der Waals surface area contributed by atoms with E-state index in [1.54, 1.807) is 19.4 Å². The van der Waals surface area contributed by atoms with Crippen molar-refractivity contribution in [2.24, 2.45) is 5.41 Å². The van der Waals surface area contributed by atoms with E-state index in [4.69, 9.17) is 9.84 Å². The molecule has 2 rings (SSSR count). The van der Waals surface area contributed by atoms with Gasteiger partial charge < -0.3 is 9.84 Å². The predicted octanol–water partition coefficient (Wildman–Crippen LogP) is 1.50. The van der Waals surface area contributed by atoms with E-state index in [0.29, 0.717) is 12.3 Å². The molecule has 0 unspecified atom stereocenters. The van der Waals surface area contributed by atoms with Crippen molar-refractivity contribution in [2.45, 2.75) is 19.3 Å². The van der Waals surface area contributed by atoms with Gasteiger partial charge in [0.15, 0.2) is 0 Å². The van der Waals surface area contributed by atoms with E-state index in [1.807, 2.05) is 6.07 Å². The molecule has 0 saturated heterocycles. The van der Waals surface area contributed by atoms with Crippen LogP contribution in [0.3, 0.4) is 0 Å². The minimum absolute atomic E-state index is 0.513. The summed E-state index contributed by atoms with van der Waals surface area (Å²) < 4.78 is 5.09. The Kier molecular flexibility index (Phi) is 2.34. The highest BCUT2D eigenvalue weighted by Crippen LogP contribution is 2.49. The summed E-state index contributed by atoms with van der Waals surface area (Å²) in [5.41, 5.74) is 0.316. The number of hydrogen-bond acceptors (Lipinski definition) is 3. The summed E-state index contributed by atoms with van der Waals surface area (Å²) in [5, 5.41) is 9.07. The maximum Gasteiger partial charge on any atom is 0.309 e. The number of carbonyl (C=O) groups is 1. The molecule has 15 heavy (non-hydrogen) atoms. The van der Waals surface area contributed by atoms with Crippen LogP contribution < -0.4 is 4.74 Å². The number of rotatable bonds is 4. The van der Waals surface area contributed by atoms with Gasteiger partial charge in [0.2, 0.25) is 5.88 Å². The lowest BCUT2D eigenvalue weighted by Crippen LogP contribution is -2.18. The summed E-state index contributed by atoms with van der Waals surface area (Å²) in [4.78, 5) is 15.1. The standard InChI is InChI=1S/C11H13NO3/c1-15-9-8(3-2-6-12-9)7-11(4-5-11)10(13)14/h2-3,6H,4-5,7H2,1H3,(H,13,14). The molecule has 0 aliphatic heterocycles. The quantitative estimate of drug-likeness (QED) is 0.812. The monoisotopic (exact) mass is 207 g/mol. The smallest absolute Gasteiger partial charge is 0.309 e. The molecule has 1 saturated carbocycles. The molecule has 1 N–H and O–H groups in total. The van der Waals surface area contributed by atoms with Crippen LogP contribution in [-0.2, 0) is 11.2 Å². The third-order valence-corrected chi connectivity index (χ3v) is 2.88. The second-order valence-electron chi connectivity index (χ2n) is 3.93. The van der Waals surface area contributed by atoms with Crippen LogP contribution in [-0.4, -0.2) is 23.2 Å². The Morgan fingerprint density at radius 2 is 2.40 bits per heavy atom. The zero-order valence-electron chi connectivity index (χ0n) is 8.56. The van der Waals surface area contributed by atoms with Crippen LogP contribution in [0, 0.1) is 5.41 Å². The van der Waals surface area contributed by atoms with E-state index >= 15 is 0 Å². The topological polar surface area (TPSA) is 59.4 Å². The SMILES string of the molecule is COc1ncccc1CC1(C(=O)O)CC1. The number of hydrogen-bond donors (Lipinski definition) is 1. The molecule has 4 heteroatoms. The maximum absolute atomic E-state index is 11.0. The summed E-state index contributed by atoms with van der Waals surface area (Å²) in [6.45, 7) is 0. The lowest BCUT2D eigenvalue weighted by atomic mass is 9.97. The molecule has 0 atom stereocenters. The first-order chi connectivity index (χ1) is 7.18. The van der Waals surface area contributed by atoms with Crippen molar-refractivity contribution in [2.75, 3.05) is 7.11 Å². The Morgan fingerprint density at radius 1 is 1.67 bits per heavy atom. The summed E-state index contributed by atoms with van der Waals surface area (Å²) >= 11 is 0. The molecule has 0 amide bonds. The van der Waals surface area contributed by atoms with E-state index in [-0.39, 0.29) is 0 Å². The van der Waals surface area contributed by atoms with Gasteiger partial charge in [-0.2, -0.15) is 0 Å². The van der Waals surface area contributed by atoms with Gasteiger partial charge in [-0.1, -0.05) is 6.07 Å². The van der Waals surface area contributed by atoms with Gasteiger partial charge in [-0.15, -0.1) is 0 Å². The summed E-state index contributed by atoms with van der Waals surface area (Å²) in [6, 6.07) is 3.67. The highest BCUT2D eigenvalue weighted by atomic mass is 16.5. The highest BCUT2D eigenvalue weighted by Gasteiger charge is 2.50. The second-order valence-corrected chi connectivity index (χ2v) is 3.93. The van der Waals surface area contributed by atoms with Crippen molar-refractivity contribution < 1.29 is 14.6 Å². The fourth-order valence-corrected chi connectivity index (χ4v) is 1.72. The van der Waals surface area contributed by atoms with Gasteiger partial charge in [-0.25, -0.2) is 4.98 Å². The van der Waals surface area contributed by atoms with Crippen LogP contribution in [0.4, 0.5) is 0 Å². The van der Waals surface area contributed by atoms with Crippen molar-refractivity contribution in [3.63, 3.8) is 0 Å². The Bertz CT molecular complexity index is 385. The predicted molar refractivity (Wildman–Crippen MR) is 53.8 cm³/mol. The van der Waals surface area contributed by atoms with Crippen LogP contribution in [0.25, 0.3) is 0 Å². The van der Waals surface area contributed by atoms with Crippen LogP contribution in [0.2, 0.25) is 0 Å². The van der Waals surface area contributed by atoms with E-state index in [9.17, 15) is 4.79 Å². The van der Waals surface area contributed by atoms with Crippen LogP contribution in [0.5, 0.6) is 5.88 Å². The summed E-state index contributed by atoms with van der Waals surface area (Å²) in [6.07, 6.45) is 3.66. The van der Waals surface area contributed by atoms with Gasteiger partial charge in [0.25, 0.3) is 0 Å². The fourth-order valence-electron chi connectivity index (χ4n) is 1.72. The van der Waals surface area contributed by atoms with Crippen molar-refractivity contribution in [1.82, 2.24) is 4.98 Å². The average molecular weight is 207 g/mol. The molecule has 1 heterocycles. The minimum atomic E-state index is -0.714. The van der Waals surface area contributed by atoms with E-state index < -0.39 is 11.4 Å². The fraction of sp³-hybridized carbons (Fsp3) is 0.455. The van der Waals surface area contributed by atoms with Crippen molar-refractivity contribution in [3.05, 3.63) is 23.9 Å². The van der Waals surface area contributed by atoms with Crippen molar-refractivity contribution >= 4 is 5.97 Å². The lowest BCUT2D eigenvalue weighted by Gasteiger charge is -2.11. The average Bonchev–Trinajstić information content (AvgIpc) is 3.00. The molecule has 4 nitrogen and oxygen atoms in total. The third-order valence-electron chi connectivity index (χ3n) is 2.88. The van der Waals surface area contributed by atoms with Crippen LogP contribution >= 0.6 is 0 Å². The zero-order chi connectivity index (χ0) is 10.9. The third kappa shape index (κ3) is 1.79. The van der Waals surface area contributed by atoms with Gasteiger partial charge in [-0.05, 0) is 25.3 Å². The highest BCUT2D eigenvalue weighted by molar-refractivity contribution is 5.78. The summed E-state index contributed by atoms with van der Waals surface area (Å²) in [5.74, 6) is -0.182. The number of carboxylic acid groups (broad SMARTS) is 1.